The zero-order chi connectivity index (χ0) is 13.0. The molecule has 0 aliphatic rings. The van der Waals surface area contributed by atoms with Gasteiger partial charge in [-0.1, -0.05) is 30.3 Å². The Morgan fingerprint density at radius 1 is 0.889 bits per heavy atom. The molecule has 2 aromatic rings. The average molecular weight is 247 g/mol. The van der Waals surface area contributed by atoms with Gasteiger partial charge in [0, 0.05) is 18.7 Å². The van der Waals surface area contributed by atoms with E-state index in [1.807, 2.05) is 31.2 Å². The molecule has 0 aliphatic heterocycles. The third-order valence-corrected chi connectivity index (χ3v) is 2.94. The molecule has 0 heterocycles. The minimum absolute atomic E-state index is 0.0890. The number of hydrogen-bond acceptors (Lipinski definition) is 1. The van der Waals surface area contributed by atoms with Crippen LogP contribution in [0.2, 0.25) is 0 Å². The van der Waals surface area contributed by atoms with Crippen LogP contribution in [-0.4, -0.2) is 0 Å². The predicted octanol–water partition coefficient (Wildman–Crippen LogP) is 3.56. The van der Waals surface area contributed by atoms with E-state index in [0.717, 1.165) is 5.56 Å². The second-order valence-electron chi connectivity index (χ2n) is 4.23. The lowest BCUT2D eigenvalue weighted by atomic mass is 10.1. The summed E-state index contributed by atoms with van der Waals surface area (Å²) in [5.74, 6) is -1.01. The van der Waals surface area contributed by atoms with E-state index in [-0.39, 0.29) is 12.1 Å². The first-order valence-corrected chi connectivity index (χ1v) is 5.86. The van der Waals surface area contributed by atoms with Gasteiger partial charge in [-0.2, -0.15) is 0 Å². The summed E-state index contributed by atoms with van der Waals surface area (Å²) in [5, 5.41) is 3.06. The molecule has 3 heteroatoms. The van der Waals surface area contributed by atoms with E-state index in [2.05, 4.69) is 5.32 Å². The number of benzene rings is 2. The van der Waals surface area contributed by atoms with Crippen LogP contribution in [0.25, 0.3) is 0 Å². The molecule has 18 heavy (non-hydrogen) atoms. The summed E-state index contributed by atoms with van der Waals surface area (Å²) in [6.07, 6.45) is 0. The standard InChI is InChI=1S/C15H15F2N/c1-11-5-2-3-6-12(11)9-18-10-13-14(16)7-4-8-15(13)17/h2-8,18H,9-10H2,1H3. The Labute approximate surface area is 105 Å². The summed E-state index contributed by atoms with van der Waals surface area (Å²) < 4.78 is 26.8. The average Bonchev–Trinajstić information content (AvgIpc) is 2.35. The molecule has 0 amide bonds. The first kappa shape index (κ1) is 12.7. The van der Waals surface area contributed by atoms with Gasteiger partial charge in [-0.05, 0) is 30.2 Å². The molecular formula is C15H15F2N. The molecule has 2 rings (SSSR count). The number of halogens is 2. The quantitative estimate of drug-likeness (QED) is 0.871. The van der Waals surface area contributed by atoms with E-state index in [1.165, 1.54) is 23.8 Å². The Morgan fingerprint density at radius 3 is 2.22 bits per heavy atom. The second-order valence-corrected chi connectivity index (χ2v) is 4.23. The van der Waals surface area contributed by atoms with Gasteiger partial charge in [0.2, 0.25) is 0 Å². The molecule has 0 radical (unpaired) electrons. The second kappa shape index (κ2) is 5.74. The molecule has 0 fully saturated rings. The van der Waals surface area contributed by atoms with Crippen molar-refractivity contribution in [1.29, 1.82) is 0 Å². The predicted molar refractivity (Wildman–Crippen MR) is 68.1 cm³/mol. The molecule has 0 bridgehead atoms. The fraction of sp³-hybridized carbons (Fsp3) is 0.200. The molecule has 0 unspecified atom stereocenters. The smallest absolute Gasteiger partial charge is 0.130 e. The molecule has 0 aliphatic carbocycles. The number of nitrogens with one attached hydrogen (secondary N) is 1. The van der Waals surface area contributed by atoms with Gasteiger partial charge in [-0.3, -0.25) is 0 Å². The van der Waals surface area contributed by atoms with Crippen molar-refractivity contribution >= 4 is 0 Å². The molecule has 0 saturated carbocycles. The zero-order valence-electron chi connectivity index (χ0n) is 10.2. The van der Waals surface area contributed by atoms with Gasteiger partial charge in [0.1, 0.15) is 11.6 Å². The monoisotopic (exact) mass is 247 g/mol. The summed E-state index contributed by atoms with van der Waals surface area (Å²) in [6.45, 7) is 2.80. The fourth-order valence-corrected chi connectivity index (χ4v) is 1.83. The highest BCUT2D eigenvalue weighted by molar-refractivity contribution is 5.25. The Balaban J connectivity index is 1.99. The molecular weight excluding hydrogens is 232 g/mol. The molecule has 1 N–H and O–H groups in total. The third-order valence-electron chi connectivity index (χ3n) is 2.94. The van der Waals surface area contributed by atoms with Crippen LogP contribution in [0.5, 0.6) is 0 Å². The van der Waals surface area contributed by atoms with E-state index in [1.54, 1.807) is 0 Å². The number of aryl methyl sites for hydroxylation is 1. The van der Waals surface area contributed by atoms with E-state index in [4.69, 9.17) is 0 Å². The topological polar surface area (TPSA) is 12.0 Å². The van der Waals surface area contributed by atoms with Crippen molar-refractivity contribution < 1.29 is 8.78 Å². The van der Waals surface area contributed by atoms with Gasteiger partial charge in [0.05, 0.1) is 0 Å². The van der Waals surface area contributed by atoms with Gasteiger partial charge in [0.15, 0.2) is 0 Å². The molecule has 0 aromatic heterocycles. The Hall–Kier alpha value is -1.74. The summed E-state index contributed by atoms with van der Waals surface area (Å²) in [6, 6.07) is 11.8. The molecule has 0 spiro atoms. The van der Waals surface area contributed by atoms with Crippen LogP contribution >= 0.6 is 0 Å². The molecule has 0 atom stereocenters. The zero-order valence-corrected chi connectivity index (χ0v) is 10.2. The third kappa shape index (κ3) is 2.93. The van der Waals surface area contributed by atoms with Gasteiger partial charge >= 0.3 is 0 Å². The largest absolute Gasteiger partial charge is 0.308 e. The van der Waals surface area contributed by atoms with E-state index < -0.39 is 11.6 Å². The lowest BCUT2D eigenvalue weighted by Crippen LogP contribution is -2.15. The van der Waals surface area contributed by atoms with Crippen LogP contribution < -0.4 is 5.32 Å². The normalized spacial score (nSPS) is 10.6. The molecule has 1 nitrogen and oxygen atoms in total. The fourth-order valence-electron chi connectivity index (χ4n) is 1.83. The van der Waals surface area contributed by atoms with E-state index in [0.29, 0.717) is 6.54 Å². The van der Waals surface area contributed by atoms with Crippen LogP contribution in [0.1, 0.15) is 16.7 Å². The van der Waals surface area contributed by atoms with Crippen molar-refractivity contribution in [2.24, 2.45) is 0 Å². The van der Waals surface area contributed by atoms with Crippen LogP contribution in [0.15, 0.2) is 42.5 Å². The van der Waals surface area contributed by atoms with Gasteiger partial charge in [0.25, 0.3) is 0 Å². The van der Waals surface area contributed by atoms with Crippen molar-refractivity contribution in [3.05, 3.63) is 70.8 Å². The van der Waals surface area contributed by atoms with Crippen LogP contribution in [-0.2, 0) is 13.1 Å². The van der Waals surface area contributed by atoms with E-state index in [9.17, 15) is 8.78 Å². The summed E-state index contributed by atoms with van der Waals surface area (Å²) >= 11 is 0. The maximum Gasteiger partial charge on any atom is 0.130 e. The van der Waals surface area contributed by atoms with Crippen molar-refractivity contribution in [3.63, 3.8) is 0 Å². The highest BCUT2D eigenvalue weighted by atomic mass is 19.1. The van der Waals surface area contributed by atoms with E-state index >= 15 is 0 Å². The van der Waals surface area contributed by atoms with Gasteiger partial charge in [-0.25, -0.2) is 8.78 Å². The summed E-state index contributed by atoms with van der Waals surface area (Å²) in [4.78, 5) is 0. The SMILES string of the molecule is Cc1ccccc1CNCc1c(F)cccc1F. The lowest BCUT2D eigenvalue weighted by molar-refractivity contribution is 0.535. The van der Waals surface area contributed by atoms with Crippen LogP contribution in [0, 0.1) is 18.6 Å². The van der Waals surface area contributed by atoms with Crippen LogP contribution in [0.3, 0.4) is 0 Å². The highest BCUT2D eigenvalue weighted by Gasteiger charge is 2.07. The van der Waals surface area contributed by atoms with Crippen molar-refractivity contribution in [1.82, 2.24) is 5.32 Å². The maximum absolute atomic E-state index is 13.4. The van der Waals surface area contributed by atoms with Crippen molar-refractivity contribution in [3.8, 4) is 0 Å². The number of rotatable bonds is 4. The Kier molecular flexibility index (Phi) is 4.05. The molecule has 0 saturated heterocycles. The maximum atomic E-state index is 13.4. The van der Waals surface area contributed by atoms with Crippen molar-refractivity contribution in [2.45, 2.75) is 20.0 Å². The van der Waals surface area contributed by atoms with Crippen molar-refractivity contribution in [2.75, 3.05) is 0 Å². The summed E-state index contributed by atoms with van der Waals surface area (Å²) in [5.41, 5.74) is 2.39. The molecule has 94 valence electrons. The van der Waals surface area contributed by atoms with Gasteiger partial charge in [-0.15, -0.1) is 0 Å². The number of hydrogen-bond donors (Lipinski definition) is 1. The minimum atomic E-state index is -0.507. The highest BCUT2D eigenvalue weighted by Crippen LogP contribution is 2.12. The van der Waals surface area contributed by atoms with Crippen LogP contribution in [0.4, 0.5) is 8.78 Å². The lowest BCUT2D eigenvalue weighted by Gasteiger charge is -2.09. The Bertz CT molecular complexity index is 518. The van der Waals surface area contributed by atoms with Gasteiger partial charge < -0.3 is 5.32 Å². The first-order chi connectivity index (χ1) is 8.68. The minimum Gasteiger partial charge on any atom is -0.308 e. The molecule has 2 aromatic carbocycles. The Morgan fingerprint density at radius 2 is 1.56 bits per heavy atom. The summed E-state index contributed by atoms with van der Waals surface area (Å²) in [7, 11) is 0. The first-order valence-electron chi connectivity index (χ1n) is 5.86.